The van der Waals surface area contributed by atoms with Gasteiger partial charge in [0.05, 0.1) is 37.6 Å². The van der Waals surface area contributed by atoms with E-state index in [1.54, 1.807) is 30.3 Å². The summed E-state index contributed by atoms with van der Waals surface area (Å²) >= 11 is 0. The van der Waals surface area contributed by atoms with Crippen LogP contribution in [0.4, 0.5) is 10.1 Å². The minimum Gasteiger partial charge on any atom is -0.467 e. The molecule has 1 atom stereocenters. The van der Waals surface area contributed by atoms with Crippen LogP contribution in [0.2, 0.25) is 0 Å². The number of carbonyl (C=O) groups excluding carboxylic acids is 2. The maximum atomic E-state index is 14.9. The summed E-state index contributed by atoms with van der Waals surface area (Å²) < 4.78 is 22.6. The number of tetrazole rings is 1. The van der Waals surface area contributed by atoms with Gasteiger partial charge in [-0.1, -0.05) is 37.3 Å². The Morgan fingerprint density at radius 2 is 1.74 bits per heavy atom. The van der Waals surface area contributed by atoms with E-state index in [4.69, 9.17) is 4.74 Å². The van der Waals surface area contributed by atoms with Gasteiger partial charge in [-0.15, -0.1) is 0 Å². The van der Waals surface area contributed by atoms with Crippen LogP contribution in [0.15, 0.2) is 59.4 Å². The molecule has 1 amide bonds. The molecule has 0 saturated carbocycles. The van der Waals surface area contributed by atoms with Gasteiger partial charge in [0, 0.05) is 19.6 Å². The van der Waals surface area contributed by atoms with Gasteiger partial charge in [-0.3, -0.25) is 9.69 Å². The Labute approximate surface area is 219 Å². The van der Waals surface area contributed by atoms with Gasteiger partial charge in [0.15, 0.2) is 0 Å². The van der Waals surface area contributed by atoms with Gasteiger partial charge in [0.25, 0.3) is 0 Å². The third-order valence-corrected chi connectivity index (χ3v) is 6.95. The van der Waals surface area contributed by atoms with Crippen LogP contribution in [-0.4, -0.2) is 80.6 Å². The zero-order chi connectivity index (χ0) is 27.3. The van der Waals surface area contributed by atoms with Crippen molar-refractivity contribution in [3.8, 4) is 5.69 Å². The molecule has 11 nitrogen and oxygen atoms in total. The number of methoxy groups -OCH3 is 1. The Balaban J connectivity index is 1.54. The number of aliphatic hydroxyl groups is 1. The first-order valence-electron chi connectivity index (χ1n) is 12.4. The number of aromatic nitrogens is 4. The van der Waals surface area contributed by atoms with Crippen LogP contribution in [0.25, 0.3) is 5.69 Å². The van der Waals surface area contributed by atoms with Gasteiger partial charge in [-0.25, -0.2) is 14.0 Å². The number of ether oxygens (including phenoxy) is 1. The van der Waals surface area contributed by atoms with E-state index in [9.17, 15) is 23.9 Å². The number of hydrogen-bond acceptors (Lipinski definition) is 8. The Kier molecular flexibility index (Phi) is 8.32. The number of anilines is 1. The fourth-order valence-electron chi connectivity index (χ4n) is 4.73. The molecule has 4 rings (SSSR count). The molecule has 0 bridgehead atoms. The predicted octanol–water partition coefficient (Wildman–Crippen LogP) is 1.24. The van der Waals surface area contributed by atoms with E-state index >= 15 is 0 Å². The second-order valence-corrected chi connectivity index (χ2v) is 9.31. The van der Waals surface area contributed by atoms with Crippen molar-refractivity contribution < 1.29 is 23.8 Å². The standard InChI is InChI=1S/C26H31FN6O5/c1-19(18-34)23(35)32(22-11-7-6-10-21(22)27)26(24(36)38-2)12-14-30(15-13-26)16-17-31-25(37)33(29-28-31)20-8-4-3-5-9-20/h3-11,19,34H,12-18H2,1-2H3. The molecule has 0 aliphatic carbocycles. The number of rotatable bonds is 9. The van der Waals surface area contributed by atoms with Crippen molar-refractivity contribution in [2.45, 2.75) is 31.8 Å². The molecule has 1 N–H and O–H groups in total. The summed E-state index contributed by atoms with van der Waals surface area (Å²) in [7, 11) is 1.23. The number of carbonyl (C=O) groups is 2. The minimum absolute atomic E-state index is 0.0410. The average Bonchev–Trinajstić information content (AvgIpc) is 3.33. The van der Waals surface area contributed by atoms with Crippen molar-refractivity contribution in [1.29, 1.82) is 0 Å². The van der Waals surface area contributed by atoms with Crippen LogP contribution in [-0.2, 0) is 20.9 Å². The molecule has 1 aliphatic heterocycles. The lowest BCUT2D eigenvalue weighted by atomic mass is 9.83. The molecule has 0 radical (unpaired) electrons. The third kappa shape index (κ3) is 5.22. The predicted molar refractivity (Wildman–Crippen MR) is 136 cm³/mol. The molecule has 3 aromatic rings. The van der Waals surface area contributed by atoms with Crippen LogP contribution in [0.5, 0.6) is 0 Å². The summed E-state index contributed by atoms with van der Waals surface area (Å²) in [6.07, 6.45) is 0.340. The lowest BCUT2D eigenvalue weighted by Crippen LogP contribution is -2.64. The molecule has 0 spiro atoms. The summed E-state index contributed by atoms with van der Waals surface area (Å²) in [6.45, 7) is 2.55. The van der Waals surface area contributed by atoms with Gasteiger partial charge in [-0.2, -0.15) is 9.36 Å². The summed E-state index contributed by atoms with van der Waals surface area (Å²) in [5.74, 6) is -2.73. The number of piperidine rings is 1. The molecular formula is C26H31FN6O5. The highest BCUT2D eigenvalue weighted by atomic mass is 19.1. The summed E-state index contributed by atoms with van der Waals surface area (Å²) in [6, 6.07) is 14.7. The van der Waals surface area contributed by atoms with Crippen LogP contribution in [0.1, 0.15) is 19.8 Å². The molecule has 1 fully saturated rings. The normalized spacial score (nSPS) is 16.1. The number of benzene rings is 2. The van der Waals surface area contributed by atoms with E-state index in [2.05, 4.69) is 10.4 Å². The van der Waals surface area contributed by atoms with Gasteiger partial charge < -0.3 is 14.7 Å². The maximum Gasteiger partial charge on any atom is 0.368 e. The zero-order valence-corrected chi connectivity index (χ0v) is 21.4. The first-order chi connectivity index (χ1) is 18.3. The first kappa shape index (κ1) is 27.1. The van der Waals surface area contributed by atoms with E-state index in [0.717, 1.165) is 0 Å². The smallest absolute Gasteiger partial charge is 0.368 e. The van der Waals surface area contributed by atoms with Gasteiger partial charge in [0.2, 0.25) is 5.91 Å². The number of amides is 1. The number of hydrogen-bond donors (Lipinski definition) is 1. The number of para-hydroxylation sites is 2. The molecule has 1 aromatic heterocycles. The fraction of sp³-hybridized carbons (Fsp3) is 0.423. The number of halogens is 1. The largest absolute Gasteiger partial charge is 0.467 e. The van der Waals surface area contributed by atoms with E-state index in [-0.39, 0.29) is 30.8 Å². The molecule has 1 saturated heterocycles. The molecule has 1 unspecified atom stereocenters. The maximum absolute atomic E-state index is 14.9. The molecule has 38 heavy (non-hydrogen) atoms. The van der Waals surface area contributed by atoms with Crippen molar-refractivity contribution in [3.63, 3.8) is 0 Å². The molecule has 12 heteroatoms. The van der Waals surface area contributed by atoms with Crippen molar-refractivity contribution in [3.05, 3.63) is 70.9 Å². The Morgan fingerprint density at radius 3 is 2.37 bits per heavy atom. The van der Waals surface area contributed by atoms with E-state index < -0.39 is 35.8 Å². The lowest BCUT2D eigenvalue weighted by molar-refractivity contribution is -0.151. The van der Waals surface area contributed by atoms with E-state index in [0.29, 0.717) is 25.3 Å². The molecule has 202 valence electrons. The van der Waals surface area contributed by atoms with Crippen molar-refractivity contribution in [2.75, 3.05) is 38.3 Å². The number of esters is 1. The zero-order valence-electron chi connectivity index (χ0n) is 21.4. The van der Waals surface area contributed by atoms with Crippen molar-refractivity contribution >= 4 is 17.6 Å². The number of likely N-dealkylation sites (tertiary alicyclic amines) is 1. The van der Waals surface area contributed by atoms with Crippen LogP contribution >= 0.6 is 0 Å². The Bertz CT molecular complexity index is 1320. The van der Waals surface area contributed by atoms with Crippen molar-refractivity contribution in [2.24, 2.45) is 5.92 Å². The third-order valence-electron chi connectivity index (χ3n) is 6.95. The van der Waals surface area contributed by atoms with Gasteiger partial charge >= 0.3 is 11.7 Å². The van der Waals surface area contributed by atoms with Gasteiger partial charge in [-0.05, 0) is 47.5 Å². The summed E-state index contributed by atoms with van der Waals surface area (Å²) in [4.78, 5) is 42.6. The lowest BCUT2D eigenvalue weighted by Gasteiger charge is -2.47. The van der Waals surface area contributed by atoms with Gasteiger partial charge in [0.1, 0.15) is 11.4 Å². The Hall–Kier alpha value is -3.90. The summed E-state index contributed by atoms with van der Waals surface area (Å²) in [5, 5.41) is 17.6. The Morgan fingerprint density at radius 1 is 1.08 bits per heavy atom. The van der Waals surface area contributed by atoms with Crippen LogP contribution < -0.4 is 10.6 Å². The second-order valence-electron chi connectivity index (χ2n) is 9.31. The number of nitrogens with zero attached hydrogens (tertiary/aromatic N) is 6. The number of aliphatic hydroxyl groups excluding tert-OH is 1. The average molecular weight is 527 g/mol. The fourth-order valence-corrected chi connectivity index (χ4v) is 4.73. The highest BCUT2D eigenvalue weighted by molar-refractivity contribution is 6.03. The SMILES string of the molecule is COC(=O)C1(N(C(=O)C(C)CO)c2ccccc2F)CCN(CCn2nnn(-c3ccccc3)c2=O)CC1. The van der Waals surface area contributed by atoms with Crippen LogP contribution in [0.3, 0.4) is 0 Å². The molecule has 1 aliphatic rings. The summed E-state index contributed by atoms with van der Waals surface area (Å²) in [5.41, 5.74) is -1.26. The highest BCUT2D eigenvalue weighted by Gasteiger charge is 2.51. The van der Waals surface area contributed by atoms with E-state index in [1.807, 2.05) is 11.0 Å². The molecule has 2 aromatic carbocycles. The van der Waals surface area contributed by atoms with Crippen LogP contribution in [0, 0.1) is 11.7 Å². The minimum atomic E-state index is -1.46. The van der Waals surface area contributed by atoms with E-state index in [1.165, 1.54) is 46.5 Å². The highest BCUT2D eigenvalue weighted by Crippen LogP contribution is 2.37. The quantitative estimate of drug-likeness (QED) is 0.413. The second kappa shape index (κ2) is 11.7. The first-order valence-corrected chi connectivity index (χ1v) is 12.4. The molecular weight excluding hydrogens is 495 g/mol. The monoisotopic (exact) mass is 526 g/mol. The molecule has 2 heterocycles. The topological polar surface area (TPSA) is 123 Å². The van der Waals surface area contributed by atoms with Crippen molar-refractivity contribution in [1.82, 2.24) is 24.7 Å².